The average Bonchev–Trinajstić information content (AvgIpc) is 2.26. The Labute approximate surface area is 89.1 Å². The van der Waals surface area contributed by atoms with E-state index in [1.165, 1.54) is 6.07 Å². The van der Waals surface area contributed by atoms with Crippen LogP contribution < -0.4 is 4.74 Å². The highest BCUT2D eigenvalue weighted by Crippen LogP contribution is 2.15. The minimum Gasteiger partial charge on any atom is -0.491 e. The number of carbonyl (C=O) groups excluding carboxylic acids is 1. The lowest BCUT2D eigenvalue weighted by atomic mass is 10.2. The van der Waals surface area contributed by atoms with Gasteiger partial charge in [0.05, 0.1) is 6.61 Å². The van der Waals surface area contributed by atoms with E-state index in [1.54, 1.807) is 18.2 Å². The van der Waals surface area contributed by atoms with Crippen LogP contribution in [0.4, 0.5) is 4.39 Å². The second-order valence-corrected chi connectivity index (χ2v) is 3.27. The Morgan fingerprint density at radius 1 is 1.40 bits per heavy atom. The van der Waals surface area contributed by atoms with Gasteiger partial charge in [-0.1, -0.05) is 19.1 Å². The lowest BCUT2D eigenvalue weighted by molar-refractivity contribution is -0.118. The van der Waals surface area contributed by atoms with Crippen LogP contribution in [0.1, 0.15) is 26.2 Å². The van der Waals surface area contributed by atoms with Gasteiger partial charge in [-0.15, -0.1) is 0 Å². The fraction of sp³-hybridized carbons (Fsp3) is 0.417. The molecule has 15 heavy (non-hydrogen) atoms. The zero-order valence-corrected chi connectivity index (χ0v) is 8.83. The highest BCUT2D eigenvalue weighted by molar-refractivity contribution is 5.77. The lowest BCUT2D eigenvalue weighted by Crippen LogP contribution is -2.03. The van der Waals surface area contributed by atoms with Gasteiger partial charge in [0.25, 0.3) is 0 Å². The van der Waals surface area contributed by atoms with Crippen LogP contribution in [0, 0.1) is 5.82 Å². The number of ketones is 1. The van der Waals surface area contributed by atoms with Gasteiger partial charge in [0.1, 0.15) is 5.78 Å². The summed E-state index contributed by atoms with van der Waals surface area (Å²) in [6, 6.07) is 6.27. The molecule has 0 aliphatic carbocycles. The molecular formula is C12H15FO2. The molecule has 0 saturated heterocycles. The number of hydrogen-bond donors (Lipinski definition) is 0. The Bertz CT molecular complexity index is 323. The van der Waals surface area contributed by atoms with Crippen molar-refractivity contribution in [3.05, 3.63) is 30.1 Å². The molecule has 0 aromatic heterocycles. The maximum Gasteiger partial charge on any atom is 0.165 e. The summed E-state index contributed by atoms with van der Waals surface area (Å²) in [5.74, 6) is 0.105. The number of hydrogen-bond acceptors (Lipinski definition) is 2. The van der Waals surface area contributed by atoms with E-state index in [4.69, 9.17) is 4.74 Å². The predicted molar refractivity (Wildman–Crippen MR) is 56.4 cm³/mol. The van der Waals surface area contributed by atoms with Crippen molar-refractivity contribution < 1.29 is 13.9 Å². The van der Waals surface area contributed by atoms with E-state index in [1.807, 2.05) is 6.92 Å². The minimum atomic E-state index is -0.362. The molecule has 0 heterocycles. The lowest BCUT2D eigenvalue weighted by Gasteiger charge is -2.05. The minimum absolute atomic E-state index is 0.215. The molecule has 0 spiro atoms. The van der Waals surface area contributed by atoms with E-state index in [2.05, 4.69) is 0 Å². The normalized spacial score (nSPS) is 10.0. The van der Waals surface area contributed by atoms with Gasteiger partial charge >= 0.3 is 0 Å². The maximum absolute atomic E-state index is 13.0. The molecule has 0 atom stereocenters. The summed E-state index contributed by atoms with van der Waals surface area (Å²) in [6.45, 7) is 2.22. The van der Waals surface area contributed by atoms with Crippen molar-refractivity contribution in [2.75, 3.05) is 6.61 Å². The van der Waals surface area contributed by atoms with Gasteiger partial charge in [0.15, 0.2) is 11.6 Å². The Kier molecular flexibility index (Phi) is 4.81. The summed E-state index contributed by atoms with van der Waals surface area (Å²) in [4.78, 5) is 11.0. The van der Waals surface area contributed by atoms with Gasteiger partial charge in [-0.25, -0.2) is 4.39 Å². The topological polar surface area (TPSA) is 26.3 Å². The van der Waals surface area contributed by atoms with E-state index in [9.17, 15) is 9.18 Å². The second kappa shape index (κ2) is 6.17. The zero-order valence-electron chi connectivity index (χ0n) is 8.83. The van der Waals surface area contributed by atoms with Gasteiger partial charge in [-0.05, 0) is 18.6 Å². The van der Waals surface area contributed by atoms with Crippen LogP contribution >= 0.6 is 0 Å². The van der Waals surface area contributed by atoms with E-state index in [-0.39, 0.29) is 17.3 Å². The van der Waals surface area contributed by atoms with Crippen molar-refractivity contribution >= 4 is 5.78 Å². The molecule has 0 saturated carbocycles. The van der Waals surface area contributed by atoms with Crippen molar-refractivity contribution in [1.82, 2.24) is 0 Å². The van der Waals surface area contributed by atoms with Crippen LogP contribution in [0.15, 0.2) is 24.3 Å². The third-order valence-electron chi connectivity index (χ3n) is 2.09. The Morgan fingerprint density at radius 3 is 2.80 bits per heavy atom. The van der Waals surface area contributed by atoms with E-state index in [0.29, 0.717) is 25.9 Å². The third kappa shape index (κ3) is 4.11. The highest BCUT2D eigenvalue weighted by atomic mass is 19.1. The molecule has 0 bridgehead atoms. The number of ether oxygens (including phenoxy) is 1. The number of benzene rings is 1. The molecule has 0 N–H and O–H groups in total. The Morgan fingerprint density at radius 2 is 2.13 bits per heavy atom. The number of para-hydroxylation sites is 1. The molecule has 0 fully saturated rings. The molecule has 0 radical (unpaired) electrons. The molecule has 0 aliphatic heterocycles. The van der Waals surface area contributed by atoms with Crippen LogP contribution in [0.25, 0.3) is 0 Å². The number of rotatable bonds is 6. The van der Waals surface area contributed by atoms with Crippen molar-refractivity contribution in [3.63, 3.8) is 0 Å². The largest absolute Gasteiger partial charge is 0.491 e. The molecule has 82 valence electrons. The van der Waals surface area contributed by atoms with Crippen LogP contribution in [-0.2, 0) is 4.79 Å². The third-order valence-corrected chi connectivity index (χ3v) is 2.09. The summed E-state index contributed by atoms with van der Waals surface area (Å²) in [6.07, 6.45) is 1.70. The Balaban J connectivity index is 2.26. The second-order valence-electron chi connectivity index (χ2n) is 3.27. The van der Waals surface area contributed by atoms with E-state index in [0.717, 1.165) is 0 Å². The first kappa shape index (κ1) is 11.7. The molecule has 0 unspecified atom stereocenters. The van der Waals surface area contributed by atoms with Crippen molar-refractivity contribution in [2.45, 2.75) is 26.2 Å². The van der Waals surface area contributed by atoms with Gasteiger partial charge in [-0.2, -0.15) is 0 Å². The molecule has 2 nitrogen and oxygen atoms in total. The molecule has 1 rings (SSSR count). The zero-order chi connectivity index (χ0) is 11.1. The first-order valence-corrected chi connectivity index (χ1v) is 5.13. The first-order chi connectivity index (χ1) is 7.24. The molecule has 1 aromatic rings. The maximum atomic E-state index is 13.0. The summed E-state index contributed by atoms with van der Waals surface area (Å²) in [7, 11) is 0. The molecular weight excluding hydrogens is 195 g/mol. The summed E-state index contributed by atoms with van der Waals surface area (Å²) < 4.78 is 18.3. The van der Waals surface area contributed by atoms with Crippen LogP contribution in [0.2, 0.25) is 0 Å². The fourth-order valence-corrected chi connectivity index (χ4v) is 1.19. The predicted octanol–water partition coefficient (Wildman–Crippen LogP) is 2.96. The van der Waals surface area contributed by atoms with Gasteiger partial charge in [0, 0.05) is 12.8 Å². The van der Waals surface area contributed by atoms with E-state index < -0.39 is 0 Å². The quantitative estimate of drug-likeness (QED) is 0.675. The van der Waals surface area contributed by atoms with Gasteiger partial charge in [0.2, 0.25) is 0 Å². The SMILES string of the molecule is CCC(=O)CCCOc1ccccc1F. The summed E-state index contributed by atoms with van der Waals surface area (Å²) in [5.41, 5.74) is 0. The molecule has 0 aliphatic rings. The average molecular weight is 210 g/mol. The number of Topliss-reactive ketones (excluding diaryl/α,β-unsaturated/α-hetero) is 1. The molecule has 0 amide bonds. The van der Waals surface area contributed by atoms with Crippen LogP contribution in [0.5, 0.6) is 5.75 Å². The van der Waals surface area contributed by atoms with E-state index >= 15 is 0 Å². The van der Waals surface area contributed by atoms with Crippen LogP contribution in [-0.4, -0.2) is 12.4 Å². The summed E-state index contributed by atoms with van der Waals surface area (Å²) >= 11 is 0. The van der Waals surface area contributed by atoms with Gasteiger partial charge < -0.3 is 4.74 Å². The van der Waals surface area contributed by atoms with Gasteiger partial charge in [-0.3, -0.25) is 4.79 Å². The monoisotopic (exact) mass is 210 g/mol. The van der Waals surface area contributed by atoms with Crippen molar-refractivity contribution in [1.29, 1.82) is 0 Å². The standard InChI is InChI=1S/C12H15FO2/c1-2-10(14)6-5-9-15-12-8-4-3-7-11(12)13/h3-4,7-8H,2,5-6,9H2,1H3. The molecule has 1 aromatic carbocycles. The van der Waals surface area contributed by atoms with Crippen molar-refractivity contribution in [3.8, 4) is 5.75 Å². The van der Waals surface area contributed by atoms with Crippen molar-refractivity contribution in [2.24, 2.45) is 0 Å². The molecule has 3 heteroatoms. The number of carbonyl (C=O) groups is 1. The Hall–Kier alpha value is -1.38. The fourth-order valence-electron chi connectivity index (χ4n) is 1.19. The van der Waals surface area contributed by atoms with Crippen LogP contribution in [0.3, 0.4) is 0 Å². The highest BCUT2D eigenvalue weighted by Gasteiger charge is 2.02. The smallest absolute Gasteiger partial charge is 0.165 e. The first-order valence-electron chi connectivity index (χ1n) is 5.13. The number of halogens is 1. The summed E-state index contributed by atoms with van der Waals surface area (Å²) in [5, 5.41) is 0.